The van der Waals surface area contributed by atoms with Gasteiger partial charge in [0.1, 0.15) is 0 Å². The van der Waals surface area contributed by atoms with Crippen molar-refractivity contribution in [2.24, 2.45) is 5.92 Å². The topological polar surface area (TPSA) is 58.6 Å². The maximum absolute atomic E-state index is 11.6. The fourth-order valence-corrected chi connectivity index (χ4v) is 0.785. The highest BCUT2D eigenvalue weighted by atomic mass is 19.4. The first-order valence-electron chi connectivity index (χ1n) is 3.58. The normalized spacial score (nSPS) is 20.6. The fraction of sp³-hybridized carbons (Fsp3) is 0.833. The van der Waals surface area contributed by atoms with Gasteiger partial charge in [0.05, 0.1) is 0 Å². The molecule has 1 fully saturated rings. The van der Waals surface area contributed by atoms with Crippen LogP contribution in [0.3, 0.4) is 0 Å². The zero-order valence-corrected chi connectivity index (χ0v) is 6.47. The van der Waals surface area contributed by atoms with E-state index in [1.54, 1.807) is 0 Å². The SMILES string of the molecule is O=C(OC(O)C1CNC1)C(F)(F)F. The molecule has 0 aromatic heterocycles. The smallest absolute Gasteiger partial charge is 0.429 e. The van der Waals surface area contributed by atoms with Crippen molar-refractivity contribution in [3.8, 4) is 0 Å². The molecule has 1 heterocycles. The number of ether oxygens (including phenoxy) is 1. The van der Waals surface area contributed by atoms with E-state index in [1.165, 1.54) is 0 Å². The number of halogens is 3. The molecule has 1 saturated heterocycles. The van der Waals surface area contributed by atoms with Crippen molar-refractivity contribution in [2.45, 2.75) is 12.5 Å². The largest absolute Gasteiger partial charge is 0.491 e. The van der Waals surface area contributed by atoms with Crippen LogP contribution in [0, 0.1) is 5.92 Å². The van der Waals surface area contributed by atoms with Gasteiger partial charge < -0.3 is 15.2 Å². The van der Waals surface area contributed by atoms with E-state index in [2.05, 4.69) is 10.1 Å². The van der Waals surface area contributed by atoms with Gasteiger partial charge in [-0.15, -0.1) is 0 Å². The molecule has 1 unspecified atom stereocenters. The molecule has 1 rings (SSSR count). The number of alkyl halides is 3. The van der Waals surface area contributed by atoms with E-state index in [0.29, 0.717) is 13.1 Å². The highest BCUT2D eigenvalue weighted by Crippen LogP contribution is 2.19. The number of esters is 1. The molecular weight excluding hydrogens is 191 g/mol. The maximum Gasteiger partial charge on any atom is 0.491 e. The number of hydrogen-bond donors (Lipinski definition) is 2. The van der Waals surface area contributed by atoms with Gasteiger partial charge in [0.15, 0.2) is 0 Å². The molecule has 0 aromatic carbocycles. The number of carbonyl (C=O) groups excluding carboxylic acids is 1. The number of hydrogen-bond acceptors (Lipinski definition) is 4. The summed E-state index contributed by atoms with van der Waals surface area (Å²) in [4.78, 5) is 10.2. The van der Waals surface area contributed by atoms with Crippen LogP contribution in [0.4, 0.5) is 13.2 Å². The quantitative estimate of drug-likeness (QED) is 0.470. The molecule has 2 N–H and O–H groups in total. The zero-order chi connectivity index (χ0) is 10.1. The van der Waals surface area contributed by atoms with E-state index < -0.39 is 24.4 Å². The Morgan fingerprint density at radius 2 is 2.08 bits per heavy atom. The first-order valence-corrected chi connectivity index (χ1v) is 3.58. The van der Waals surface area contributed by atoms with Crippen LogP contribution in [0.25, 0.3) is 0 Å². The molecule has 1 aliphatic rings. The maximum atomic E-state index is 11.6. The first kappa shape index (κ1) is 10.3. The summed E-state index contributed by atoms with van der Waals surface area (Å²) in [7, 11) is 0. The van der Waals surface area contributed by atoms with Crippen LogP contribution in [-0.4, -0.2) is 36.6 Å². The molecule has 0 saturated carbocycles. The van der Waals surface area contributed by atoms with Gasteiger partial charge in [-0.2, -0.15) is 13.2 Å². The Balaban J connectivity index is 2.35. The van der Waals surface area contributed by atoms with E-state index >= 15 is 0 Å². The van der Waals surface area contributed by atoms with Crippen molar-refractivity contribution in [1.82, 2.24) is 5.32 Å². The third-order valence-electron chi connectivity index (χ3n) is 1.68. The van der Waals surface area contributed by atoms with Crippen LogP contribution < -0.4 is 5.32 Å². The summed E-state index contributed by atoms with van der Waals surface area (Å²) in [6.07, 6.45) is -6.71. The summed E-state index contributed by atoms with van der Waals surface area (Å²) in [5.41, 5.74) is 0. The third-order valence-corrected chi connectivity index (χ3v) is 1.68. The molecule has 0 aromatic rings. The van der Waals surface area contributed by atoms with Crippen molar-refractivity contribution >= 4 is 5.97 Å². The lowest BCUT2D eigenvalue weighted by molar-refractivity contribution is -0.227. The Bertz CT molecular complexity index is 202. The van der Waals surface area contributed by atoms with Crippen molar-refractivity contribution < 1.29 is 27.8 Å². The minimum Gasteiger partial charge on any atom is -0.429 e. The lowest BCUT2D eigenvalue weighted by Gasteiger charge is -2.30. The summed E-state index contributed by atoms with van der Waals surface area (Å²) in [5.74, 6) is -2.79. The Hall–Kier alpha value is -0.820. The molecule has 4 nitrogen and oxygen atoms in total. The van der Waals surface area contributed by atoms with Crippen LogP contribution in [0.5, 0.6) is 0 Å². The monoisotopic (exact) mass is 199 g/mol. The molecule has 0 bridgehead atoms. The standard InChI is InChI=1S/C6H8F3NO3/c7-6(8,9)5(12)13-4(11)3-1-10-2-3/h3-4,10-11H,1-2H2. The summed E-state index contributed by atoms with van der Waals surface area (Å²) in [6, 6.07) is 0. The summed E-state index contributed by atoms with van der Waals surface area (Å²) in [6.45, 7) is 0.707. The average molecular weight is 199 g/mol. The number of nitrogens with one attached hydrogen (secondary N) is 1. The summed E-state index contributed by atoms with van der Waals surface area (Å²) >= 11 is 0. The van der Waals surface area contributed by atoms with Gasteiger partial charge in [-0.25, -0.2) is 4.79 Å². The second-order valence-electron chi connectivity index (χ2n) is 2.71. The van der Waals surface area contributed by atoms with E-state index in [1.807, 2.05) is 0 Å². The predicted molar refractivity (Wildman–Crippen MR) is 34.5 cm³/mol. The summed E-state index contributed by atoms with van der Waals surface area (Å²) < 4.78 is 38.6. The van der Waals surface area contributed by atoms with Gasteiger partial charge >= 0.3 is 12.1 Å². The minimum atomic E-state index is -5.04. The molecule has 13 heavy (non-hydrogen) atoms. The molecule has 0 amide bonds. The Morgan fingerprint density at radius 1 is 1.54 bits per heavy atom. The van der Waals surface area contributed by atoms with E-state index in [4.69, 9.17) is 5.11 Å². The molecular formula is C6H8F3NO3. The number of aliphatic hydroxyl groups is 1. The molecule has 0 spiro atoms. The Morgan fingerprint density at radius 3 is 2.38 bits per heavy atom. The first-order chi connectivity index (χ1) is 5.91. The Kier molecular flexibility index (Phi) is 2.77. The lowest BCUT2D eigenvalue weighted by Crippen LogP contribution is -2.50. The second kappa shape index (κ2) is 3.51. The van der Waals surface area contributed by atoms with Crippen LogP contribution in [-0.2, 0) is 9.53 Å². The predicted octanol–water partition coefficient (Wildman–Crippen LogP) is -0.370. The minimum absolute atomic E-state index is 0.353. The van der Waals surface area contributed by atoms with Gasteiger partial charge in [-0.1, -0.05) is 0 Å². The number of rotatable bonds is 2. The van der Waals surface area contributed by atoms with Crippen LogP contribution >= 0.6 is 0 Å². The highest BCUT2D eigenvalue weighted by Gasteiger charge is 2.43. The van der Waals surface area contributed by atoms with Crippen LogP contribution in [0.2, 0.25) is 0 Å². The molecule has 76 valence electrons. The van der Waals surface area contributed by atoms with Gasteiger partial charge in [0, 0.05) is 19.0 Å². The average Bonchev–Trinajstić information content (AvgIpc) is 1.79. The number of carbonyl (C=O) groups is 1. The molecule has 7 heteroatoms. The van der Waals surface area contributed by atoms with E-state index in [-0.39, 0.29) is 0 Å². The van der Waals surface area contributed by atoms with Crippen LogP contribution in [0.15, 0.2) is 0 Å². The van der Waals surface area contributed by atoms with Gasteiger partial charge in [0.2, 0.25) is 6.29 Å². The van der Waals surface area contributed by atoms with Crippen molar-refractivity contribution in [2.75, 3.05) is 13.1 Å². The fourth-order valence-electron chi connectivity index (χ4n) is 0.785. The van der Waals surface area contributed by atoms with Gasteiger partial charge in [-0.05, 0) is 0 Å². The van der Waals surface area contributed by atoms with Crippen molar-refractivity contribution in [3.05, 3.63) is 0 Å². The van der Waals surface area contributed by atoms with E-state index in [0.717, 1.165) is 0 Å². The molecule has 0 aliphatic carbocycles. The van der Waals surface area contributed by atoms with Crippen LogP contribution in [0.1, 0.15) is 0 Å². The molecule has 1 atom stereocenters. The second-order valence-corrected chi connectivity index (χ2v) is 2.71. The number of aliphatic hydroxyl groups excluding tert-OH is 1. The summed E-state index contributed by atoms with van der Waals surface area (Å²) in [5, 5.41) is 11.6. The van der Waals surface area contributed by atoms with E-state index in [9.17, 15) is 18.0 Å². The molecule has 0 radical (unpaired) electrons. The molecule has 1 aliphatic heterocycles. The van der Waals surface area contributed by atoms with Gasteiger partial charge in [0.25, 0.3) is 0 Å². The zero-order valence-electron chi connectivity index (χ0n) is 6.47. The highest BCUT2D eigenvalue weighted by molar-refractivity contribution is 5.75. The lowest BCUT2D eigenvalue weighted by atomic mass is 10.0. The van der Waals surface area contributed by atoms with Crippen molar-refractivity contribution in [1.29, 1.82) is 0 Å². The third kappa shape index (κ3) is 2.56. The van der Waals surface area contributed by atoms with Crippen molar-refractivity contribution in [3.63, 3.8) is 0 Å². The van der Waals surface area contributed by atoms with Gasteiger partial charge in [-0.3, -0.25) is 0 Å². The Labute approximate surface area is 71.7 Å².